The van der Waals surface area contributed by atoms with Gasteiger partial charge in [-0.05, 0) is 31.0 Å². The Balaban J connectivity index is 1.31. The van der Waals surface area contributed by atoms with Crippen molar-refractivity contribution < 1.29 is 9.72 Å². The van der Waals surface area contributed by atoms with Gasteiger partial charge in [-0.2, -0.15) is 10.2 Å². The lowest BCUT2D eigenvalue weighted by Gasteiger charge is -2.15. The van der Waals surface area contributed by atoms with E-state index >= 15 is 0 Å². The standard InChI is InChI=1S/C23H22N6O3/c1-27(13-5-8-19-14-22(26-25-19)17-6-3-2-4-7-17)23(30)18-15-24-28(16-18)20-9-11-21(12-10-20)29(31)32/h2-4,6-7,9-12,14-16H,5,8,13H2,1H3,(H,25,26). The van der Waals surface area contributed by atoms with Crippen molar-refractivity contribution in [1.82, 2.24) is 24.9 Å². The lowest BCUT2D eigenvalue weighted by Crippen LogP contribution is -2.27. The molecule has 0 aliphatic rings. The van der Waals surface area contributed by atoms with Gasteiger partial charge in [-0.3, -0.25) is 20.0 Å². The molecule has 1 amide bonds. The first kappa shape index (κ1) is 21.0. The van der Waals surface area contributed by atoms with E-state index in [0.717, 1.165) is 29.8 Å². The fourth-order valence-electron chi connectivity index (χ4n) is 3.38. The number of nitrogens with one attached hydrogen (secondary N) is 1. The number of nitro benzene ring substituents is 1. The zero-order valence-corrected chi connectivity index (χ0v) is 17.5. The second kappa shape index (κ2) is 9.25. The normalized spacial score (nSPS) is 10.8. The summed E-state index contributed by atoms with van der Waals surface area (Å²) in [5.41, 5.74) is 4.10. The zero-order chi connectivity index (χ0) is 22.5. The van der Waals surface area contributed by atoms with Gasteiger partial charge in [0.2, 0.25) is 0 Å². The van der Waals surface area contributed by atoms with E-state index < -0.39 is 4.92 Å². The molecule has 0 aliphatic carbocycles. The molecule has 9 nitrogen and oxygen atoms in total. The number of hydrogen-bond donors (Lipinski definition) is 1. The van der Waals surface area contributed by atoms with Gasteiger partial charge >= 0.3 is 0 Å². The predicted octanol–water partition coefficient (Wildman–Crippen LogP) is 3.88. The molecule has 4 aromatic rings. The third kappa shape index (κ3) is 4.72. The Bertz CT molecular complexity index is 1210. The minimum absolute atomic E-state index is 0.00472. The average molecular weight is 430 g/mol. The number of nitrogens with zero attached hydrogens (tertiary/aromatic N) is 5. The first-order valence-corrected chi connectivity index (χ1v) is 10.2. The summed E-state index contributed by atoms with van der Waals surface area (Å²) in [5.74, 6) is -0.132. The fraction of sp³-hybridized carbons (Fsp3) is 0.174. The highest BCUT2D eigenvalue weighted by Gasteiger charge is 2.15. The molecule has 4 rings (SSSR count). The predicted molar refractivity (Wildman–Crippen MR) is 120 cm³/mol. The highest BCUT2D eigenvalue weighted by molar-refractivity contribution is 5.93. The first-order valence-electron chi connectivity index (χ1n) is 10.2. The summed E-state index contributed by atoms with van der Waals surface area (Å²) >= 11 is 0. The molecule has 0 saturated heterocycles. The Morgan fingerprint density at radius 1 is 1.16 bits per heavy atom. The number of nitro groups is 1. The van der Waals surface area contributed by atoms with E-state index in [-0.39, 0.29) is 11.6 Å². The molecule has 0 radical (unpaired) electrons. The van der Waals surface area contributed by atoms with Gasteiger partial charge in [-0.1, -0.05) is 30.3 Å². The summed E-state index contributed by atoms with van der Waals surface area (Å²) in [4.78, 5) is 24.7. The number of amides is 1. The van der Waals surface area contributed by atoms with Crippen molar-refractivity contribution in [3.8, 4) is 16.9 Å². The monoisotopic (exact) mass is 430 g/mol. The Morgan fingerprint density at radius 2 is 1.91 bits per heavy atom. The Morgan fingerprint density at radius 3 is 2.62 bits per heavy atom. The summed E-state index contributed by atoms with van der Waals surface area (Å²) in [6.07, 6.45) is 4.69. The van der Waals surface area contributed by atoms with Crippen molar-refractivity contribution >= 4 is 11.6 Å². The average Bonchev–Trinajstić information content (AvgIpc) is 3.49. The van der Waals surface area contributed by atoms with Crippen LogP contribution in [0.2, 0.25) is 0 Å². The van der Waals surface area contributed by atoms with Crippen molar-refractivity contribution in [1.29, 1.82) is 0 Å². The minimum Gasteiger partial charge on any atom is -0.342 e. The third-order valence-electron chi connectivity index (χ3n) is 5.14. The minimum atomic E-state index is -0.456. The van der Waals surface area contributed by atoms with Crippen LogP contribution in [0.4, 0.5) is 5.69 Å². The summed E-state index contributed by atoms with van der Waals surface area (Å²) in [7, 11) is 1.76. The van der Waals surface area contributed by atoms with Gasteiger partial charge in [-0.15, -0.1) is 0 Å². The van der Waals surface area contributed by atoms with Crippen LogP contribution in [0.25, 0.3) is 16.9 Å². The molecule has 0 bridgehead atoms. The van der Waals surface area contributed by atoms with Crippen LogP contribution in [0.1, 0.15) is 22.5 Å². The number of rotatable bonds is 8. The number of non-ortho nitro benzene ring substituents is 1. The lowest BCUT2D eigenvalue weighted by molar-refractivity contribution is -0.384. The molecule has 9 heteroatoms. The summed E-state index contributed by atoms with van der Waals surface area (Å²) in [5, 5.41) is 22.4. The van der Waals surface area contributed by atoms with Gasteiger partial charge in [0.1, 0.15) is 0 Å². The van der Waals surface area contributed by atoms with E-state index in [1.54, 1.807) is 30.3 Å². The van der Waals surface area contributed by atoms with Gasteiger partial charge in [0.25, 0.3) is 11.6 Å². The van der Waals surface area contributed by atoms with Gasteiger partial charge in [0, 0.05) is 43.2 Å². The maximum absolute atomic E-state index is 12.7. The van der Waals surface area contributed by atoms with Crippen LogP contribution in [-0.4, -0.2) is 49.3 Å². The number of aromatic nitrogens is 4. The molecule has 1 N–H and O–H groups in total. The molecule has 2 aromatic heterocycles. The number of hydrogen-bond acceptors (Lipinski definition) is 5. The maximum Gasteiger partial charge on any atom is 0.269 e. The summed E-state index contributed by atoms with van der Waals surface area (Å²) in [6.45, 7) is 0.585. The van der Waals surface area contributed by atoms with Crippen LogP contribution in [0.3, 0.4) is 0 Å². The molecule has 0 fully saturated rings. The highest BCUT2D eigenvalue weighted by atomic mass is 16.6. The molecule has 0 unspecified atom stereocenters. The van der Waals surface area contributed by atoms with E-state index in [1.807, 2.05) is 36.4 Å². The van der Waals surface area contributed by atoms with Gasteiger partial charge < -0.3 is 4.90 Å². The zero-order valence-electron chi connectivity index (χ0n) is 17.5. The van der Waals surface area contributed by atoms with Crippen LogP contribution in [0, 0.1) is 10.1 Å². The molecule has 162 valence electrons. The lowest BCUT2D eigenvalue weighted by atomic mass is 10.1. The van der Waals surface area contributed by atoms with E-state index in [0.29, 0.717) is 17.8 Å². The molecule has 0 atom stereocenters. The molecule has 0 saturated carbocycles. The van der Waals surface area contributed by atoms with E-state index in [1.165, 1.54) is 23.0 Å². The van der Waals surface area contributed by atoms with Crippen LogP contribution < -0.4 is 0 Å². The summed E-state index contributed by atoms with van der Waals surface area (Å²) in [6, 6.07) is 18.0. The Labute approximate surface area is 184 Å². The second-order valence-electron chi connectivity index (χ2n) is 7.42. The van der Waals surface area contributed by atoms with Crippen LogP contribution in [-0.2, 0) is 6.42 Å². The Kier molecular flexibility index (Phi) is 6.07. The van der Waals surface area contributed by atoms with Crippen molar-refractivity contribution in [2.45, 2.75) is 12.8 Å². The fourth-order valence-corrected chi connectivity index (χ4v) is 3.38. The van der Waals surface area contributed by atoms with Gasteiger partial charge in [0.05, 0.1) is 28.1 Å². The molecule has 2 heterocycles. The molecule has 0 aliphatic heterocycles. The quantitative estimate of drug-likeness (QED) is 0.337. The largest absolute Gasteiger partial charge is 0.342 e. The van der Waals surface area contributed by atoms with Gasteiger partial charge in [-0.25, -0.2) is 4.68 Å². The van der Waals surface area contributed by atoms with Crippen molar-refractivity contribution in [3.63, 3.8) is 0 Å². The number of carbonyl (C=O) groups is 1. The molecular formula is C23H22N6O3. The number of H-pyrrole nitrogens is 1. The van der Waals surface area contributed by atoms with E-state index in [2.05, 4.69) is 15.3 Å². The van der Waals surface area contributed by atoms with Crippen LogP contribution in [0.15, 0.2) is 73.1 Å². The van der Waals surface area contributed by atoms with Crippen molar-refractivity contribution in [2.75, 3.05) is 13.6 Å². The number of aryl methyl sites for hydroxylation is 1. The highest BCUT2D eigenvalue weighted by Crippen LogP contribution is 2.18. The van der Waals surface area contributed by atoms with Crippen LogP contribution >= 0.6 is 0 Å². The number of carbonyl (C=O) groups excluding carboxylic acids is 1. The third-order valence-corrected chi connectivity index (χ3v) is 5.14. The number of aromatic amines is 1. The van der Waals surface area contributed by atoms with Gasteiger partial charge in [0.15, 0.2) is 0 Å². The second-order valence-corrected chi connectivity index (χ2v) is 7.42. The first-order chi connectivity index (χ1) is 15.5. The van der Waals surface area contributed by atoms with Crippen molar-refractivity contribution in [2.24, 2.45) is 0 Å². The topological polar surface area (TPSA) is 110 Å². The van der Waals surface area contributed by atoms with Crippen molar-refractivity contribution in [3.05, 3.63) is 94.4 Å². The van der Waals surface area contributed by atoms with Crippen LogP contribution in [0.5, 0.6) is 0 Å². The Hall–Kier alpha value is -4.27. The molecule has 0 spiro atoms. The smallest absolute Gasteiger partial charge is 0.269 e. The molecular weight excluding hydrogens is 408 g/mol. The SMILES string of the molecule is CN(CCCc1cc(-c2ccccc2)n[nH]1)C(=O)c1cnn(-c2ccc([N+](=O)[O-])cc2)c1. The summed E-state index contributed by atoms with van der Waals surface area (Å²) < 4.78 is 1.53. The molecule has 2 aromatic carbocycles. The molecule has 32 heavy (non-hydrogen) atoms. The maximum atomic E-state index is 12.7. The van der Waals surface area contributed by atoms with E-state index in [9.17, 15) is 14.9 Å². The number of benzene rings is 2. The van der Waals surface area contributed by atoms with E-state index in [4.69, 9.17) is 0 Å².